The summed E-state index contributed by atoms with van der Waals surface area (Å²) in [7, 11) is 4.66. The molecule has 0 fully saturated rings. The number of rotatable bonds is 11. The largest absolute Gasteiger partial charge is 0.497 e. The molecule has 1 aliphatic heterocycles. The number of carbonyl (C=O) groups is 2. The highest BCUT2D eigenvalue weighted by Crippen LogP contribution is 2.36. The van der Waals surface area contributed by atoms with E-state index in [0.29, 0.717) is 30.2 Å². The van der Waals surface area contributed by atoms with Gasteiger partial charge in [-0.25, -0.2) is 14.2 Å². The number of hydrogen-bond acceptors (Lipinski definition) is 6. The van der Waals surface area contributed by atoms with E-state index < -0.39 is 6.04 Å². The Labute approximate surface area is 210 Å². The summed E-state index contributed by atoms with van der Waals surface area (Å²) < 4.78 is 29.6. The summed E-state index contributed by atoms with van der Waals surface area (Å²) >= 11 is 0. The maximum atomic E-state index is 13.6. The number of nitrogens with zero attached hydrogens (tertiary/aromatic N) is 3. The van der Waals surface area contributed by atoms with E-state index >= 15 is 0 Å². The van der Waals surface area contributed by atoms with Gasteiger partial charge in [-0.15, -0.1) is 0 Å². The highest BCUT2D eigenvalue weighted by Gasteiger charge is 2.35. The lowest BCUT2D eigenvalue weighted by molar-refractivity contribution is -0.133. The van der Waals surface area contributed by atoms with E-state index in [1.165, 1.54) is 29.2 Å². The second-order valence-electron chi connectivity index (χ2n) is 8.27. The Morgan fingerprint density at radius 2 is 1.89 bits per heavy atom. The third-order valence-electron chi connectivity index (χ3n) is 5.85. The van der Waals surface area contributed by atoms with E-state index in [1.54, 1.807) is 38.5 Å². The molecule has 1 unspecified atom stereocenters. The Morgan fingerprint density at radius 3 is 2.53 bits per heavy atom. The van der Waals surface area contributed by atoms with Gasteiger partial charge in [0.15, 0.2) is 0 Å². The standard InChI is InChI=1S/C26H33FN4O5/c1-5-12-28-26(33)30(13-14-34-2)17-25(32)31-23(18-6-8-19(27)9-7-18)16-22(29-31)21-11-10-20(35-3)15-24(21)36-4/h6-11,15,23H,5,12-14,16-17H2,1-4H3,(H,28,33). The highest BCUT2D eigenvalue weighted by atomic mass is 19.1. The molecule has 0 radical (unpaired) electrons. The van der Waals surface area contributed by atoms with Crippen LogP contribution in [0.25, 0.3) is 0 Å². The molecule has 10 heteroatoms. The van der Waals surface area contributed by atoms with E-state index in [4.69, 9.17) is 14.2 Å². The first kappa shape index (κ1) is 26.9. The fourth-order valence-electron chi connectivity index (χ4n) is 3.92. The fraction of sp³-hybridized carbons (Fsp3) is 0.423. The number of urea groups is 1. The predicted molar refractivity (Wildman–Crippen MR) is 134 cm³/mol. The van der Waals surface area contributed by atoms with Crippen LogP contribution in [-0.2, 0) is 9.53 Å². The number of amides is 3. The third kappa shape index (κ3) is 6.51. The summed E-state index contributed by atoms with van der Waals surface area (Å²) in [6.07, 6.45) is 1.16. The Bertz CT molecular complexity index is 1080. The molecule has 0 bridgehead atoms. The van der Waals surface area contributed by atoms with Gasteiger partial charge in [-0.05, 0) is 36.2 Å². The van der Waals surface area contributed by atoms with Crippen LogP contribution in [0.3, 0.4) is 0 Å². The number of ether oxygens (including phenoxy) is 3. The van der Waals surface area contributed by atoms with Crippen molar-refractivity contribution in [3.05, 3.63) is 59.4 Å². The minimum Gasteiger partial charge on any atom is -0.497 e. The summed E-state index contributed by atoms with van der Waals surface area (Å²) in [5.41, 5.74) is 2.09. The molecule has 1 atom stereocenters. The summed E-state index contributed by atoms with van der Waals surface area (Å²) in [6.45, 7) is 2.79. The molecule has 0 saturated heterocycles. The van der Waals surface area contributed by atoms with Crippen LogP contribution in [0.4, 0.5) is 9.18 Å². The molecular weight excluding hydrogens is 467 g/mol. The van der Waals surface area contributed by atoms with Crippen LogP contribution >= 0.6 is 0 Å². The molecular formula is C26H33FN4O5. The summed E-state index contributed by atoms with van der Waals surface area (Å²) in [5.74, 6) is 0.450. The lowest BCUT2D eigenvalue weighted by Crippen LogP contribution is -2.47. The Hall–Kier alpha value is -3.66. The summed E-state index contributed by atoms with van der Waals surface area (Å²) in [5, 5.41) is 8.83. The van der Waals surface area contributed by atoms with Crippen LogP contribution in [0.1, 0.15) is 36.9 Å². The van der Waals surface area contributed by atoms with Crippen LogP contribution in [0.2, 0.25) is 0 Å². The number of nitrogens with one attached hydrogen (secondary N) is 1. The quantitative estimate of drug-likeness (QED) is 0.509. The van der Waals surface area contributed by atoms with Gasteiger partial charge in [-0.3, -0.25) is 4.79 Å². The Kier molecular flexibility index (Phi) is 9.63. The number of methoxy groups -OCH3 is 3. The average molecular weight is 501 g/mol. The van der Waals surface area contributed by atoms with Crippen molar-refractivity contribution in [2.45, 2.75) is 25.8 Å². The molecule has 3 rings (SSSR count). The van der Waals surface area contributed by atoms with E-state index in [-0.39, 0.29) is 37.5 Å². The van der Waals surface area contributed by atoms with Crippen molar-refractivity contribution < 1.29 is 28.2 Å². The highest BCUT2D eigenvalue weighted by molar-refractivity contribution is 6.05. The zero-order valence-electron chi connectivity index (χ0n) is 21.1. The molecule has 1 heterocycles. The zero-order chi connectivity index (χ0) is 26.1. The minimum atomic E-state index is -0.470. The number of hydrogen-bond donors (Lipinski definition) is 1. The second-order valence-corrected chi connectivity index (χ2v) is 8.27. The van der Waals surface area contributed by atoms with E-state index in [2.05, 4.69) is 10.4 Å². The molecule has 36 heavy (non-hydrogen) atoms. The summed E-state index contributed by atoms with van der Waals surface area (Å²) in [4.78, 5) is 27.6. The van der Waals surface area contributed by atoms with Gasteiger partial charge in [0.05, 0.1) is 32.6 Å². The van der Waals surface area contributed by atoms with Crippen molar-refractivity contribution in [2.24, 2.45) is 5.10 Å². The molecule has 194 valence electrons. The molecule has 0 aromatic heterocycles. The van der Waals surface area contributed by atoms with Crippen molar-refractivity contribution in [1.29, 1.82) is 0 Å². The Morgan fingerprint density at radius 1 is 1.14 bits per heavy atom. The van der Waals surface area contributed by atoms with Crippen LogP contribution in [0.5, 0.6) is 11.5 Å². The smallest absolute Gasteiger partial charge is 0.317 e. The third-order valence-corrected chi connectivity index (χ3v) is 5.85. The first-order chi connectivity index (χ1) is 17.4. The molecule has 2 aromatic rings. The van der Waals surface area contributed by atoms with Crippen molar-refractivity contribution in [1.82, 2.24) is 15.2 Å². The van der Waals surface area contributed by atoms with Crippen molar-refractivity contribution in [3.63, 3.8) is 0 Å². The van der Waals surface area contributed by atoms with Crippen LogP contribution < -0.4 is 14.8 Å². The number of benzene rings is 2. The maximum absolute atomic E-state index is 13.6. The first-order valence-corrected chi connectivity index (χ1v) is 11.8. The van der Waals surface area contributed by atoms with E-state index in [0.717, 1.165) is 17.5 Å². The molecule has 0 saturated carbocycles. The van der Waals surface area contributed by atoms with Crippen molar-refractivity contribution >= 4 is 17.6 Å². The SMILES string of the molecule is CCCNC(=O)N(CCOC)CC(=O)N1N=C(c2ccc(OC)cc2OC)CC1c1ccc(F)cc1. The number of hydrazone groups is 1. The van der Waals surface area contributed by atoms with Gasteiger partial charge in [0.1, 0.15) is 23.9 Å². The zero-order valence-corrected chi connectivity index (χ0v) is 21.1. The van der Waals surface area contributed by atoms with Crippen LogP contribution in [-0.4, -0.2) is 75.1 Å². The van der Waals surface area contributed by atoms with Gasteiger partial charge < -0.3 is 24.4 Å². The maximum Gasteiger partial charge on any atom is 0.317 e. The van der Waals surface area contributed by atoms with Crippen molar-refractivity contribution in [3.8, 4) is 11.5 Å². The predicted octanol–water partition coefficient (Wildman–Crippen LogP) is 3.59. The monoisotopic (exact) mass is 500 g/mol. The molecule has 9 nitrogen and oxygen atoms in total. The number of carbonyl (C=O) groups excluding carboxylic acids is 2. The van der Waals surface area contributed by atoms with E-state index in [9.17, 15) is 14.0 Å². The molecule has 2 aromatic carbocycles. The topological polar surface area (TPSA) is 92.7 Å². The van der Waals surface area contributed by atoms with E-state index in [1.807, 2.05) is 13.0 Å². The fourth-order valence-corrected chi connectivity index (χ4v) is 3.92. The molecule has 1 aliphatic rings. The Balaban J connectivity index is 1.93. The van der Waals surface area contributed by atoms with Gasteiger partial charge in [-0.1, -0.05) is 19.1 Å². The normalized spacial score (nSPS) is 14.9. The van der Waals surface area contributed by atoms with Gasteiger partial charge in [-0.2, -0.15) is 5.10 Å². The molecule has 3 amide bonds. The van der Waals surface area contributed by atoms with Crippen LogP contribution in [0, 0.1) is 5.82 Å². The number of halogens is 1. The second kappa shape index (κ2) is 12.9. The average Bonchev–Trinajstić information content (AvgIpc) is 3.34. The molecule has 0 spiro atoms. The minimum absolute atomic E-state index is 0.187. The van der Waals surface area contributed by atoms with Gasteiger partial charge in [0, 0.05) is 38.2 Å². The van der Waals surface area contributed by atoms with Gasteiger partial charge in [0.25, 0.3) is 5.91 Å². The lowest BCUT2D eigenvalue weighted by atomic mass is 9.97. The molecule has 0 aliphatic carbocycles. The first-order valence-electron chi connectivity index (χ1n) is 11.8. The van der Waals surface area contributed by atoms with Gasteiger partial charge in [0.2, 0.25) is 0 Å². The summed E-state index contributed by atoms with van der Waals surface area (Å²) in [6, 6.07) is 10.5. The molecule has 1 N–H and O–H groups in total. The van der Waals surface area contributed by atoms with Gasteiger partial charge >= 0.3 is 6.03 Å². The van der Waals surface area contributed by atoms with Crippen LogP contribution in [0.15, 0.2) is 47.6 Å². The van der Waals surface area contributed by atoms with Crippen molar-refractivity contribution in [2.75, 3.05) is 47.6 Å². The lowest BCUT2D eigenvalue weighted by Gasteiger charge is -2.27.